The number of piperazine rings is 1. The molecule has 4 nitrogen and oxygen atoms in total. The minimum Gasteiger partial charge on any atom is -0.361 e. The van der Waals surface area contributed by atoms with Crippen LogP contribution in [-0.4, -0.2) is 35.2 Å². The van der Waals surface area contributed by atoms with E-state index in [0.717, 1.165) is 44.1 Å². The molecule has 17 heavy (non-hydrogen) atoms. The molecule has 1 aromatic rings. The first-order chi connectivity index (χ1) is 8.04. The van der Waals surface area contributed by atoms with Gasteiger partial charge >= 0.3 is 0 Å². The van der Waals surface area contributed by atoms with Crippen LogP contribution in [0.1, 0.15) is 37.3 Å². The maximum Gasteiger partial charge on any atom is 0.138 e. The normalized spacial score (nSPS) is 26.4. The van der Waals surface area contributed by atoms with Crippen LogP contribution in [0.2, 0.25) is 0 Å². The Morgan fingerprint density at radius 3 is 2.82 bits per heavy atom. The summed E-state index contributed by atoms with van der Waals surface area (Å²) in [5.41, 5.74) is 2.53. The van der Waals surface area contributed by atoms with Crippen molar-refractivity contribution in [1.29, 1.82) is 0 Å². The van der Waals surface area contributed by atoms with Gasteiger partial charge in [0.2, 0.25) is 0 Å². The fourth-order valence-electron chi connectivity index (χ4n) is 2.47. The first-order valence-corrected chi connectivity index (χ1v) is 6.43. The molecular formula is C13H23N3O. The second kappa shape index (κ2) is 4.78. The summed E-state index contributed by atoms with van der Waals surface area (Å²) < 4.78 is 5.22. The zero-order valence-corrected chi connectivity index (χ0v) is 11.3. The lowest BCUT2D eigenvalue weighted by Crippen LogP contribution is -2.58. The summed E-state index contributed by atoms with van der Waals surface area (Å²) in [5, 5.41) is 7.62. The molecule has 0 aliphatic carbocycles. The molecule has 1 unspecified atom stereocenters. The number of hydrogen-bond acceptors (Lipinski definition) is 4. The highest BCUT2D eigenvalue weighted by atomic mass is 16.5. The van der Waals surface area contributed by atoms with Crippen LogP contribution in [0.25, 0.3) is 0 Å². The molecule has 0 aromatic carbocycles. The van der Waals surface area contributed by atoms with E-state index in [9.17, 15) is 0 Å². The fraction of sp³-hybridized carbons (Fsp3) is 0.769. The van der Waals surface area contributed by atoms with Gasteiger partial charge < -0.3 is 9.84 Å². The monoisotopic (exact) mass is 237 g/mol. The van der Waals surface area contributed by atoms with E-state index in [1.165, 1.54) is 5.56 Å². The minimum atomic E-state index is 0.247. The molecule has 1 aromatic heterocycles. The predicted molar refractivity (Wildman–Crippen MR) is 68.0 cm³/mol. The van der Waals surface area contributed by atoms with Gasteiger partial charge in [0.15, 0.2) is 0 Å². The zero-order valence-electron chi connectivity index (χ0n) is 11.3. The van der Waals surface area contributed by atoms with Gasteiger partial charge in [0.1, 0.15) is 5.76 Å². The zero-order chi connectivity index (χ0) is 12.5. The molecule has 2 rings (SSSR count). The smallest absolute Gasteiger partial charge is 0.138 e. The van der Waals surface area contributed by atoms with Crippen LogP contribution in [0.5, 0.6) is 0 Å². The highest BCUT2D eigenvalue weighted by molar-refractivity contribution is 5.20. The van der Waals surface area contributed by atoms with Crippen LogP contribution < -0.4 is 5.32 Å². The summed E-state index contributed by atoms with van der Waals surface area (Å²) in [7, 11) is 0. The lowest BCUT2D eigenvalue weighted by molar-refractivity contribution is 0.133. The molecule has 2 heterocycles. The Morgan fingerprint density at radius 1 is 1.47 bits per heavy atom. The van der Waals surface area contributed by atoms with Crippen molar-refractivity contribution < 1.29 is 4.52 Å². The number of aryl methyl sites for hydroxylation is 2. The van der Waals surface area contributed by atoms with Gasteiger partial charge in [-0.2, -0.15) is 0 Å². The molecule has 4 heteroatoms. The van der Waals surface area contributed by atoms with Gasteiger partial charge in [0.05, 0.1) is 5.69 Å². The van der Waals surface area contributed by atoms with Crippen molar-refractivity contribution in [2.24, 2.45) is 0 Å². The molecule has 0 amide bonds. The molecule has 1 saturated heterocycles. The van der Waals surface area contributed by atoms with Gasteiger partial charge in [-0.3, -0.25) is 4.90 Å². The van der Waals surface area contributed by atoms with Gasteiger partial charge in [-0.15, -0.1) is 0 Å². The first-order valence-electron chi connectivity index (χ1n) is 6.43. The Balaban J connectivity index is 2.04. The minimum absolute atomic E-state index is 0.247. The number of nitrogens with zero attached hydrogens (tertiary/aromatic N) is 2. The van der Waals surface area contributed by atoms with Crippen molar-refractivity contribution in [2.75, 3.05) is 19.6 Å². The second-order valence-electron chi connectivity index (χ2n) is 5.35. The average Bonchev–Trinajstić information content (AvgIpc) is 2.61. The molecule has 1 N–H and O–H groups in total. The van der Waals surface area contributed by atoms with Crippen LogP contribution >= 0.6 is 0 Å². The van der Waals surface area contributed by atoms with E-state index in [4.69, 9.17) is 4.52 Å². The SMILES string of the molecule is CCC1(C)CN(Cc2c(C)noc2C)CCN1. The lowest BCUT2D eigenvalue weighted by atomic mass is 9.95. The van der Waals surface area contributed by atoms with Crippen molar-refractivity contribution in [3.05, 3.63) is 17.0 Å². The van der Waals surface area contributed by atoms with Gasteiger partial charge in [-0.25, -0.2) is 0 Å². The summed E-state index contributed by atoms with van der Waals surface area (Å²) in [6, 6.07) is 0. The van der Waals surface area contributed by atoms with Crippen LogP contribution in [-0.2, 0) is 6.54 Å². The fourth-order valence-corrected chi connectivity index (χ4v) is 2.47. The van der Waals surface area contributed by atoms with Crippen molar-refractivity contribution in [1.82, 2.24) is 15.4 Å². The first kappa shape index (κ1) is 12.6. The van der Waals surface area contributed by atoms with Crippen molar-refractivity contribution >= 4 is 0 Å². The molecule has 0 spiro atoms. The Kier molecular flexibility index (Phi) is 3.54. The van der Waals surface area contributed by atoms with E-state index in [1.54, 1.807) is 0 Å². The molecule has 0 radical (unpaired) electrons. The van der Waals surface area contributed by atoms with Crippen LogP contribution in [0.3, 0.4) is 0 Å². The predicted octanol–water partition coefficient (Wildman–Crippen LogP) is 1.87. The van der Waals surface area contributed by atoms with Crippen LogP contribution in [0, 0.1) is 13.8 Å². The summed E-state index contributed by atoms with van der Waals surface area (Å²) in [4.78, 5) is 2.49. The molecular weight excluding hydrogens is 214 g/mol. The highest BCUT2D eigenvalue weighted by Crippen LogP contribution is 2.20. The topological polar surface area (TPSA) is 41.3 Å². The molecule has 0 bridgehead atoms. The van der Waals surface area contributed by atoms with Gasteiger partial charge in [-0.05, 0) is 27.2 Å². The maximum atomic E-state index is 5.22. The second-order valence-corrected chi connectivity index (χ2v) is 5.35. The molecule has 0 saturated carbocycles. The highest BCUT2D eigenvalue weighted by Gasteiger charge is 2.29. The number of aromatic nitrogens is 1. The molecule has 1 fully saturated rings. The van der Waals surface area contributed by atoms with Crippen LogP contribution in [0.4, 0.5) is 0 Å². The van der Waals surface area contributed by atoms with E-state index >= 15 is 0 Å². The quantitative estimate of drug-likeness (QED) is 0.871. The third-order valence-corrected chi connectivity index (χ3v) is 3.90. The van der Waals surface area contributed by atoms with Crippen LogP contribution in [0.15, 0.2) is 4.52 Å². The number of nitrogens with one attached hydrogen (secondary N) is 1. The number of hydrogen-bond donors (Lipinski definition) is 1. The Bertz CT molecular complexity index is 369. The molecule has 1 aliphatic heterocycles. The Hall–Kier alpha value is -0.870. The van der Waals surface area contributed by atoms with E-state index in [0.29, 0.717) is 0 Å². The summed E-state index contributed by atoms with van der Waals surface area (Å²) in [6.45, 7) is 12.8. The molecule has 96 valence electrons. The van der Waals surface area contributed by atoms with Gasteiger partial charge in [-0.1, -0.05) is 12.1 Å². The standard InChI is InChI=1S/C13H23N3O/c1-5-13(4)9-16(7-6-14-13)8-12-10(2)15-17-11(12)3/h14H,5-9H2,1-4H3. The lowest BCUT2D eigenvalue weighted by Gasteiger charge is -2.41. The van der Waals surface area contributed by atoms with E-state index in [-0.39, 0.29) is 5.54 Å². The number of rotatable bonds is 3. The Labute approximate surface area is 103 Å². The van der Waals surface area contributed by atoms with E-state index < -0.39 is 0 Å². The summed E-state index contributed by atoms with van der Waals surface area (Å²) in [5.74, 6) is 0.958. The van der Waals surface area contributed by atoms with E-state index in [2.05, 4.69) is 29.2 Å². The third-order valence-electron chi connectivity index (χ3n) is 3.90. The summed E-state index contributed by atoms with van der Waals surface area (Å²) >= 11 is 0. The van der Waals surface area contributed by atoms with Crippen molar-refractivity contribution in [3.63, 3.8) is 0 Å². The average molecular weight is 237 g/mol. The largest absolute Gasteiger partial charge is 0.361 e. The Morgan fingerprint density at radius 2 is 2.24 bits per heavy atom. The molecule has 1 atom stereocenters. The van der Waals surface area contributed by atoms with Crippen molar-refractivity contribution in [3.8, 4) is 0 Å². The van der Waals surface area contributed by atoms with E-state index in [1.807, 2.05) is 13.8 Å². The summed E-state index contributed by atoms with van der Waals surface area (Å²) in [6.07, 6.45) is 1.16. The molecule has 1 aliphatic rings. The maximum absolute atomic E-state index is 5.22. The van der Waals surface area contributed by atoms with Crippen molar-refractivity contribution in [2.45, 2.75) is 46.2 Å². The van der Waals surface area contributed by atoms with Gasteiger partial charge in [0, 0.05) is 37.3 Å². The van der Waals surface area contributed by atoms with Gasteiger partial charge in [0.25, 0.3) is 0 Å². The third kappa shape index (κ3) is 2.69.